The Kier molecular flexibility index (Phi) is 5.69. The molecule has 0 saturated carbocycles. The molecule has 0 saturated heterocycles. The molecule has 0 aliphatic rings. The van der Waals surface area contributed by atoms with Gasteiger partial charge in [0.15, 0.2) is 0 Å². The molecule has 45 heavy (non-hydrogen) atoms. The van der Waals surface area contributed by atoms with Crippen LogP contribution in [0, 0.1) is 6.92 Å². The van der Waals surface area contributed by atoms with Gasteiger partial charge in [0, 0.05) is 38.4 Å². The van der Waals surface area contributed by atoms with E-state index in [0.717, 1.165) is 44.6 Å². The molecule has 9 aromatic rings. The molecular formula is C41H28N4. The standard InChI is InChI=1S/C41H28N4/c1-27-19-21-29(22-20-27)36-26-35(28-11-3-2-4-12-28)42-41(43-36)45-39-18-10-7-15-33(39)34-25-30(23-24-40(34)45)44-37-16-8-5-13-31(37)32-14-6-9-17-38(32)44/h2-26H,1H3. The molecule has 6 aromatic carbocycles. The first-order valence-electron chi connectivity index (χ1n) is 15.3. The van der Waals surface area contributed by atoms with E-state index < -0.39 is 0 Å². The van der Waals surface area contributed by atoms with Crippen LogP contribution in [0.5, 0.6) is 0 Å². The zero-order chi connectivity index (χ0) is 29.9. The van der Waals surface area contributed by atoms with Crippen molar-refractivity contribution < 1.29 is 0 Å². The van der Waals surface area contributed by atoms with Crippen molar-refractivity contribution in [3.05, 3.63) is 157 Å². The lowest BCUT2D eigenvalue weighted by atomic mass is 10.1. The van der Waals surface area contributed by atoms with Gasteiger partial charge in [-0.05, 0) is 49.4 Å². The predicted octanol–water partition coefficient (Wildman–Crippen LogP) is 10.3. The van der Waals surface area contributed by atoms with Crippen molar-refractivity contribution in [1.29, 1.82) is 0 Å². The highest BCUT2D eigenvalue weighted by Crippen LogP contribution is 2.37. The minimum Gasteiger partial charge on any atom is -0.309 e. The SMILES string of the molecule is Cc1ccc(-c2cc(-c3ccccc3)nc(-n3c4ccccc4c4cc(-n5c6ccccc6c6ccccc65)ccc43)n2)cc1. The molecule has 0 aliphatic heterocycles. The normalized spacial score (nSPS) is 11.7. The highest BCUT2D eigenvalue weighted by molar-refractivity contribution is 6.12. The summed E-state index contributed by atoms with van der Waals surface area (Å²) in [4.78, 5) is 10.4. The van der Waals surface area contributed by atoms with Gasteiger partial charge in [-0.15, -0.1) is 0 Å². The summed E-state index contributed by atoms with van der Waals surface area (Å²) in [7, 11) is 0. The van der Waals surface area contributed by atoms with E-state index in [1.807, 2.05) is 6.07 Å². The lowest BCUT2D eigenvalue weighted by Gasteiger charge is -2.12. The Bertz CT molecular complexity index is 2480. The molecule has 3 heterocycles. The zero-order valence-electron chi connectivity index (χ0n) is 24.7. The van der Waals surface area contributed by atoms with Crippen LogP contribution in [0.3, 0.4) is 0 Å². The Morgan fingerprint density at radius 1 is 0.400 bits per heavy atom. The molecule has 0 N–H and O–H groups in total. The van der Waals surface area contributed by atoms with Crippen LogP contribution >= 0.6 is 0 Å². The molecule has 0 spiro atoms. The van der Waals surface area contributed by atoms with Crippen molar-refractivity contribution in [2.45, 2.75) is 6.92 Å². The molecule has 0 unspecified atom stereocenters. The summed E-state index contributed by atoms with van der Waals surface area (Å²) in [6.07, 6.45) is 0. The molecule has 0 fully saturated rings. The number of rotatable bonds is 4. The van der Waals surface area contributed by atoms with E-state index in [-0.39, 0.29) is 0 Å². The minimum atomic E-state index is 0.655. The number of aromatic nitrogens is 4. The van der Waals surface area contributed by atoms with Crippen molar-refractivity contribution in [1.82, 2.24) is 19.1 Å². The summed E-state index contributed by atoms with van der Waals surface area (Å²) < 4.78 is 4.59. The number of aryl methyl sites for hydroxylation is 1. The van der Waals surface area contributed by atoms with Gasteiger partial charge in [-0.3, -0.25) is 4.57 Å². The Hall–Kier alpha value is -6.00. The van der Waals surface area contributed by atoms with Crippen LogP contribution in [0.4, 0.5) is 0 Å². The maximum absolute atomic E-state index is 5.20. The Morgan fingerprint density at radius 2 is 0.889 bits per heavy atom. The number of para-hydroxylation sites is 3. The first-order chi connectivity index (χ1) is 22.2. The highest BCUT2D eigenvalue weighted by Gasteiger charge is 2.19. The van der Waals surface area contributed by atoms with Crippen LogP contribution in [-0.2, 0) is 0 Å². The average Bonchev–Trinajstić information content (AvgIpc) is 3.61. The number of fused-ring (bicyclic) bond motifs is 6. The van der Waals surface area contributed by atoms with Gasteiger partial charge in [-0.25, -0.2) is 9.97 Å². The molecule has 9 rings (SSSR count). The summed E-state index contributed by atoms with van der Waals surface area (Å²) in [5, 5.41) is 4.84. The number of nitrogens with zero attached hydrogens (tertiary/aromatic N) is 4. The van der Waals surface area contributed by atoms with Crippen LogP contribution in [-0.4, -0.2) is 19.1 Å². The molecule has 4 heteroatoms. The summed E-state index contributed by atoms with van der Waals surface area (Å²) >= 11 is 0. The van der Waals surface area contributed by atoms with Gasteiger partial charge in [-0.1, -0.05) is 115 Å². The van der Waals surface area contributed by atoms with Crippen molar-refractivity contribution in [2.75, 3.05) is 0 Å². The maximum atomic E-state index is 5.20. The number of hydrogen-bond acceptors (Lipinski definition) is 2. The molecule has 3 aromatic heterocycles. The second kappa shape index (κ2) is 10.0. The Balaban J connectivity index is 1.32. The van der Waals surface area contributed by atoms with E-state index in [0.29, 0.717) is 5.95 Å². The fourth-order valence-electron chi connectivity index (χ4n) is 6.68. The quantitative estimate of drug-likeness (QED) is 0.209. The van der Waals surface area contributed by atoms with Crippen LogP contribution < -0.4 is 0 Å². The monoisotopic (exact) mass is 576 g/mol. The molecular weight excluding hydrogens is 548 g/mol. The van der Waals surface area contributed by atoms with E-state index in [9.17, 15) is 0 Å². The Labute approximate surface area is 260 Å². The predicted molar refractivity (Wildman–Crippen MR) is 186 cm³/mol. The lowest BCUT2D eigenvalue weighted by molar-refractivity contribution is 0.995. The fourth-order valence-corrected chi connectivity index (χ4v) is 6.68. The maximum Gasteiger partial charge on any atom is 0.235 e. The van der Waals surface area contributed by atoms with Gasteiger partial charge in [0.25, 0.3) is 0 Å². The largest absolute Gasteiger partial charge is 0.309 e. The Morgan fingerprint density at radius 3 is 1.51 bits per heavy atom. The van der Waals surface area contributed by atoms with Gasteiger partial charge in [0.05, 0.1) is 33.5 Å². The first kappa shape index (κ1) is 25.5. The van der Waals surface area contributed by atoms with E-state index in [1.54, 1.807) is 0 Å². The van der Waals surface area contributed by atoms with Crippen LogP contribution in [0.1, 0.15) is 5.56 Å². The molecule has 0 radical (unpaired) electrons. The van der Waals surface area contributed by atoms with E-state index in [4.69, 9.17) is 9.97 Å². The van der Waals surface area contributed by atoms with Gasteiger partial charge >= 0.3 is 0 Å². The third kappa shape index (κ3) is 4.07. The summed E-state index contributed by atoms with van der Waals surface area (Å²) in [6, 6.07) is 53.6. The van der Waals surface area contributed by atoms with Crippen LogP contribution in [0.2, 0.25) is 0 Å². The van der Waals surface area contributed by atoms with Gasteiger partial charge < -0.3 is 4.57 Å². The topological polar surface area (TPSA) is 35.6 Å². The number of hydrogen-bond donors (Lipinski definition) is 0. The minimum absolute atomic E-state index is 0.655. The second-order valence-corrected chi connectivity index (χ2v) is 11.6. The smallest absolute Gasteiger partial charge is 0.235 e. The first-order valence-corrected chi connectivity index (χ1v) is 15.3. The van der Waals surface area contributed by atoms with Gasteiger partial charge in [-0.2, -0.15) is 0 Å². The summed E-state index contributed by atoms with van der Waals surface area (Å²) in [5.74, 6) is 0.655. The second-order valence-electron chi connectivity index (χ2n) is 11.6. The van der Waals surface area contributed by atoms with Gasteiger partial charge in [0.1, 0.15) is 0 Å². The highest BCUT2D eigenvalue weighted by atomic mass is 15.2. The third-order valence-corrected chi connectivity index (χ3v) is 8.83. The molecule has 0 atom stereocenters. The van der Waals surface area contributed by atoms with Crippen LogP contribution in [0.25, 0.3) is 77.8 Å². The van der Waals surface area contributed by atoms with Crippen molar-refractivity contribution >= 4 is 43.6 Å². The molecule has 0 bridgehead atoms. The number of benzene rings is 6. The van der Waals surface area contributed by atoms with Crippen molar-refractivity contribution in [3.8, 4) is 34.2 Å². The molecule has 0 amide bonds. The molecule has 0 aliphatic carbocycles. The van der Waals surface area contributed by atoms with Crippen molar-refractivity contribution in [3.63, 3.8) is 0 Å². The average molecular weight is 577 g/mol. The third-order valence-electron chi connectivity index (χ3n) is 8.83. The molecule has 4 nitrogen and oxygen atoms in total. The van der Waals surface area contributed by atoms with Gasteiger partial charge in [0.2, 0.25) is 5.95 Å². The van der Waals surface area contributed by atoms with Crippen LogP contribution in [0.15, 0.2) is 152 Å². The van der Waals surface area contributed by atoms with E-state index in [1.165, 1.54) is 32.8 Å². The zero-order valence-corrected chi connectivity index (χ0v) is 24.7. The fraction of sp³-hybridized carbons (Fsp3) is 0.0244. The molecule has 212 valence electrons. The lowest BCUT2D eigenvalue weighted by Crippen LogP contribution is -2.04. The van der Waals surface area contributed by atoms with Crippen molar-refractivity contribution in [2.24, 2.45) is 0 Å². The van der Waals surface area contributed by atoms with E-state index >= 15 is 0 Å². The van der Waals surface area contributed by atoms with E-state index in [2.05, 4.69) is 162 Å². The summed E-state index contributed by atoms with van der Waals surface area (Å²) in [5.41, 5.74) is 10.8. The summed E-state index contributed by atoms with van der Waals surface area (Å²) in [6.45, 7) is 2.11.